The number of carbonyl (C=O) groups is 1. The predicted molar refractivity (Wildman–Crippen MR) is 67.5 cm³/mol. The van der Waals surface area contributed by atoms with Crippen LogP contribution in [0, 0.1) is 0 Å². The number of aliphatic hydroxyl groups is 1. The van der Waals surface area contributed by atoms with Crippen LogP contribution in [0.1, 0.15) is 24.2 Å². The molecule has 0 aliphatic carbocycles. The van der Waals surface area contributed by atoms with Crippen LogP contribution >= 0.6 is 0 Å². The van der Waals surface area contributed by atoms with E-state index in [0.29, 0.717) is 22.3 Å². The van der Waals surface area contributed by atoms with E-state index in [9.17, 15) is 14.7 Å². The second-order valence-electron chi connectivity index (χ2n) is 5.11. The molecular weight excluding hydrogens is 248 g/mol. The minimum Gasteiger partial charge on any atom is -0.484 e. The Kier molecular flexibility index (Phi) is 2.31. The zero-order chi connectivity index (χ0) is 13.8. The lowest BCUT2D eigenvalue weighted by Gasteiger charge is -2.35. The van der Waals surface area contributed by atoms with Crippen molar-refractivity contribution < 1.29 is 19.1 Å². The standard InChI is InChI=1S/C14H12O5/c1-14(2)13(17)12(16)8-5-7-3-4-11(15)18-9(7)6-10(8)19-14/h3-6,13,17H,1-2H3. The normalized spacial score (nSPS) is 21.0. The minimum absolute atomic E-state index is 0.299. The number of hydrogen-bond acceptors (Lipinski definition) is 5. The maximum absolute atomic E-state index is 12.1. The third kappa shape index (κ3) is 1.74. The van der Waals surface area contributed by atoms with Crippen molar-refractivity contribution in [2.45, 2.75) is 25.6 Å². The molecule has 0 spiro atoms. The Labute approximate surface area is 108 Å². The van der Waals surface area contributed by atoms with E-state index in [1.807, 2.05) is 0 Å². The molecule has 1 aromatic carbocycles. The molecule has 0 saturated carbocycles. The largest absolute Gasteiger partial charge is 0.484 e. The van der Waals surface area contributed by atoms with Gasteiger partial charge in [-0.05, 0) is 26.0 Å². The molecular formula is C14H12O5. The van der Waals surface area contributed by atoms with Gasteiger partial charge in [0.05, 0.1) is 5.56 Å². The van der Waals surface area contributed by atoms with Crippen LogP contribution in [-0.4, -0.2) is 22.6 Å². The van der Waals surface area contributed by atoms with Crippen molar-refractivity contribution in [3.05, 3.63) is 40.2 Å². The van der Waals surface area contributed by atoms with Crippen LogP contribution in [-0.2, 0) is 0 Å². The van der Waals surface area contributed by atoms with E-state index in [4.69, 9.17) is 9.15 Å². The summed E-state index contributed by atoms with van der Waals surface area (Å²) in [4.78, 5) is 23.3. The number of ketones is 1. The first-order valence-electron chi connectivity index (χ1n) is 5.88. The summed E-state index contributed by atoms with van der Waals surface area (Å²) >= 11 is 0. The molecule has 1 N–H and O–H groups in total. The van der Waals surface area contributed by atoms with Gasteiger partial charge in [0.1, 0.15) is 16.9 Å². The number of hydrogen-bond donors (Lipinski definition) is 1. The first-order valence-corrected chi connectivity index (χ1v) is 5.88. The maximum atomic E-state index is 12.1. The molecule has 0 fully saturated rings. The third-order valence-electron chi connectivity index (χ3n) is 3.27. The fourth-order valence-corrected chi connectivity index (χ4v) is 2.18. The highest BCUT2D eigenvalue weighted by molar-refractivity contribution is 6.06. The second-order valence-corrected chi connectivity index (χ2v) is 5.11. The molecule has 0 saturated heterocycles. The number of ether oxygens (including phenoxy) is 1. The molecule has 1 aliphatic heterocycles. The average Bonchev–Trinajstić information content (AvgIpc) is 2.34. The van der Waals surface area contributed by atoms with Gasteiger partial charge >= 0.3 is 5.63 Å². The highest BCUT2D eigenvalue weighted by Crippen LogP contribution is 2.35. The van der Waals surface area contributed by atoms with E-state index in [1.54, 1.807) is 26.0 Å². The topological polar surface area (TPSA) is 76.7 Å². The highest BCUT2D eigenvalue weighted by atomic mass is 16.5. The van der Waals surface area contributed by atoms with Gasteiger partial charge in [-0.15, -0.1) is 0 Å². The predicted octanol–water partition coefficient (Wildman–Crippen LogP) is 1.51. The molecule has 5 nitrogen and oxygen atoms in total. The van der Waals surface area contributed by atoms with Gasteiger partial charge in [0, 0.05) is 17.5 Å². The van der Waals surface area contributed by atoms with Crippen molar-refractivity contribution >= 4 is 16.8 Å². The Morgan fingerprint density at radius 1 is 1.21 bits per heavy atom. The minimum atomic E-state index is -1.21. The average molecular weight is 260 g/mol. The lowest BCUT2D eigenvalue weighted by molar-refractivity contribution is -0.0248. The zero-order valence-corrected chi connectivity index (χ0v) is 10.5. The number of Topliss-reactive ketones (excluding diaryl/α,β-unsaturated/α-hetero) is 1. The Bertz CT molecular complexity index is 741. The monoisotopic (exact) mass is 260 g/mol. The molecule has 5 heteroatoms. The second kappa shape index (κ2) is 3.68. The summed E-state index contributed by atoms with van der Waals surface area (Å²) in [5.74, 6) is -0.0681. The van der Waals surface area contributed by atoms with Gasteiger partial charge in [-0.3, -0.25) is 4.79 Å². The van der Waals surface area contributed by atoms with E-state index >= 15 is 0 Å². The van der Waals surface area contributed by atoms with Gasteiger partial charge in [-0.25, -0.2) is 4.79 Å². The summed E-state index contributed by atoms with van der Waals surface area (Å²) in [5.41, 5.74) is -0.819. The quantitative estimate of drug-likeness (QED) is 0.726. The highest BCUT2D eigenvalue weighted by Gasteiger charge is 2.42. The number of benzene rings is 1. The molecule has 1 atom stereocenters. The Balaban J connectivity index is 2.28. The summed E-state index contributed by atoms with van der Waals surface area (Å²) in [7, 11) is 0. The summed E-state index contributed by atoms with van der Waals surface area (Å²) in [6.07, 6.45) is -1.21. The van der Waals surface area contributed by atoms with E-state index in [1.165, 1.54) is 12.1 Å². The van der Waals surface area contributed by atoms with Crippen molar-refractivity contribution in [1.82, 2.24) is 0 Å². The Morgan fingerprint density at radius 2 is 1.95 bits per heavy atom. The van der Waals surface area contributed by atoms with Crippen molar-refractivity contribution in [3.8, 4) is 5.75 Å². The van der Waals surface area contributed by atoms with Gasteiger partial charge in [0.2, 0.25) is 0 Å². The first-order chi connectivity index (χ1) is 8.88. The van der Waals surface area contributed by atoms with Crippen LogP contribution in [0.5, 0.6) is 5.75 Å². The zero-order valence-electron chi connectivity index (χ0n) is 10.5. The lowest BCUT2D eigenvalue weighted by Crippen LogP contribution is -2.50. The van der Waals surface area contributed by atoms with Crippen molar-refractivity contribution in [3.63, 3.8) is 0 Å². The van der Waals surface area contributed by atoms with E-state index in [-0.39, 0.29) is 5.78 Å². The van der Waals surface area contributed by atoms with Gasteiger partial charge in [0.15, 0.2) is 11.9 Å². The maximum Gasteiger partial charge on any atom is 0.336 e. The summed E-state index contributed by atoms with van der Waals surface area (Å²) in [6, 6.07) is 5.93. The molecule has 98 valence electrons. The number of carbonyl (C=O) groups excluding carboxylic acids is 1. The molecule has 2 aromatic rings. The van der Waals surface area contributed by atoms with E-state index < -0.39 is 17.3 Å². The number of rotatable bonds is 0. The molecule has 0 radical (unpaired) electrons. The smallest absolute Gasteiger partial charge is 0.336 e. The third-order valence-corrected chi connectivity index (χ3v) is 3.27. The summed E-state index contributed by atoms with van der Waals surface area (Å²) in [6.45, 7) is 3.26. The van der Waals surface area contributed by atoms with Crippen LogP contribution in [0.4, 0.5) is 0 Å². The van der Waals surface area contributed by atoms with Gasteiger partial charge in [-0.2, -0.15) is 0 Å². The van der Waals surface area contributed by atoms with Crippen molar-refractivity contribution in [1.29, 1.82) is 0 Å². The van der Waals surface area contributed by atoms with Gasteiger partial charge < -0.3 is 14.3 Å². The SMILES string of the molecule is CC1(C)Oc2cc3oc(=O)ccc3cc2C(=O)C1O. The van der Waals surface area contributed by atoms with Crippen LogP contribution in [0.2, 0.25) is 0 Å². The Hall–Kier alpha value is -2.14. The van der Waals surface area contributed by atoms with E-state index in [2.05, 4.69) is 0 Å². The van der Waals surface area contributed by atoms with Gasteiger partial charge in [0.25, 0.3) is 0 Å². The molecule has 1 aromatic heterocycles. The molecule has 0 amide bonds. The molecule has 1 aliphatic rings. The van der Waals surface area contributed by atoms with Crippen LogP contribution < -0.4 is 10.4 Å². The number of aliphatic hydroxyl groups excluding tert-OH is 1. The van der Waals surface area contributed by atoms with Crippen molar-refractivity contribution in [2.75, 3.05) is 0 Å². The molecule has 0 bridgehead atoms. The Morgan fingerprint density at radius 3 is 2.68 bits per heavy atom. The molecule has 19 heavy (non-hydrogen) atoms. The summed E-state index contributed by atoms with van der Waals surface area (Å²) in [5, 5.41) is 10.5. The molecule has 2 heterocycles. The number of fused-ring (bicyclic) bond motifs is 2. The van der Waals surface area contributed by atoms with Gasteiger partial charge in [-0.1, -0.05) is 0 Å². The van der Waals surface area contributed by atoms with Crippen molar-refractivity contribution in [2.24, 2.45) is 0 Å². The van der Waals surface area contributed by atoms with E-state index in [0.717, 1.165) is 0 Å². The van der Waals surface area contributed by atoms with Crippen LogP contribution in [0.15, 0.2) is 33.5 Å². The fraction of sp³-hybridized carbons (Fsp3) is 0.286. The fourth-order valence-electron chi connectivity index (χ4n) is 2.18. The first kappa shape index (κ1) is 11.9. The molecule has 3 rings (SSSR count). The lowest BCUT2D eigenvalue weighted by atomic mass is 9.89. The van der Waals surface area contributed by atoms with Crippen LogP contribution in [0.25, 0.3) is 11.0 Å². The molecule has 1 unspecified atom stereocenters. The van der Waals surface area contributed by atoms with Crippen LogP contribution in [0.3, 0.4) is 0 Å². The summed E-state index contributed by atoms with van der Waals surface area (Å²) < 4.78 is 10.7.